The highest BCUT2D eigenvalue weighted by molar-refractivity contribution is 6.06. The summed E-state index contributed by atoms with van der Waals surface area (Å²) < 4.78 is 39.9. The molecule has 2 aromatic carbocycles. The summed E-state index contributed by atoms with van der Waals surface area (Å²) in [6.07, 6.45) is -3.32. The fourth-order valence-corrected chi connectivity index (χ4v) is 4.47. The molecule has 0 spiro atoms. The standard InChI is InChI=1S/C24H20F3N3O2/c1-14-11-15(13-28)9-10-18(14)22-21-19(7-4-8-20(21)31)30(23(32)29(22)2)17-6-3-5-16(12-17)24(25,26)27/h3,5-6,9-12,22H,4,7-8H2,1-2H3. The van der Waals surface area contributed by atoms with Crippen molar-refractivity contribution in [2.24, 2.45) is 0 Å². The zero-order valence-electron chi connectivity index (χ0n) is 17.5. The summed E-state index contributed by atoms with van der Waals surface area (Å²) in [6.45, 7) is 1.81. The number of carbonyl (C=O) groups excluding carboxylic acids is 2. The summed E-state index contributed by atoms with van der Waals surface area (Å²) in [5, 5.41) is 9.16. The number of ketones is 1. The lowest BCUT2D eigenvalue weighted by atomic mass is 9.82. The number of nitriles is 1. The molecule has 0 saturated carbocycles. The van der Waals surface area contributed by atoms with Crippen molar-refractivity contribution >= 4 is 17.5 Å². The van der Waals surface area contributed by atoms with Gasteiger partial charge in [0.05, 0.1) is 28.9 Å². The van der Waals surface area contributed by atoms with Gasteiger partial charge < -0.3 is 4.90 Å². The van der Waals surface area contributed by atoms with Crippen LogP contribution >= 0.6 is 0 Å². The molecule has 1 heterocycles. The molecule has 4 rings (SSSR count). The number of aryl methyl sites for hydroxylation is 1. The molecule has 5 nitrogen and oxygen atoms in total. The number of hydrogen-bond acceptors (Lipinski definition) is 3. The van der Waals surface area contributed by atoms with Crippen LogP contribution in [0.5, 0.6) is 0 Å². The van der Waals surface area contributed by atoms with Gasteiger partial charge >= 0.3 is 12.2 Å². The lowest BCUT2D eigenvalue weighted by Gasteiger charge is -2.44. The van der Waals surface area contributed by atoms with Crippen LogP contribution in [0.4, 0.5) is 23.7 Å². The SMILES string of the molecule is Cc1cc(C#N)ccc1C1C2=C(CCCC2=O)N(c2cccc(C(F)(F)F)c2)C(=O)N1C. The molecule has 8 heteroatoms. The zero-order chi connectivity index (χ0) is 23.2. The van der Waals surface area contributed by atoms with Crippen molar-refractivity contribution in [3.8, 4) is 6.07 Å². The first kappa shape index (κ1) is 21.6. The van der Waals surface area contributed by atoms with Gasteiger partial charge in [0.1, 0.15) is 0 Å². The van der Waals surface area contributed by atoms with Crippen LogP contribution in [-0.2, 0) is 11.0 Å². The van der Waals surface area contributed by atoms with Crippen LogP contribution in [0.1, 0.15) is 47.6 Å². The first-order valence-corrected chi connectivity index (χ1v) is 10.1. The van der Waals surface area contributed by atoms with E-state index >= 15 is 0 Å². The Kier molecular flexibility index (Phi) is 5.29. The first-order chi connectivity index (χ1) is 15.1. The number of allylic oxidation sites excluding steroid dienone is 1. The molecule has 2 aromatic rings. The van der Waals surface area contributed by atoms with Gasteiger partial charge in [0.2, 0.25) is 0 Å². The number of alkyl halides is 3. The Labute approximate surface area is 183 Å². The van der Waals surface area contributed by atoms with E-state index in [1.165, 1.54) is 29.0 Å². The van der Waals surface area contributed by atoms with Gasteiger partial charge in [-0.25, -0.2) is 4.79 Å². The maximum Gasteiger partial charge on any atom is 0.416 e. The highest BCUT2D eigenvalue weighted by Crippen LogP contribution is 2.44. The van der Waals surface area contributed by atoms with E-state index < -0.39 is 23.8 Å². The maximum absolute atomic E-state index is 13.4. The van der Waals surface area contributed by atoms with Crippen molar-refractivity contribution < 1.29 is 22.8 Å². The number of rotatable bonds is 2. The highest BCUT2D eigenvalue weighted by atomic mass is 19.4. The molecule has 2 amide bonds. The fraction of sp³-hybridized carbons (Fsp3) is 0.292. The number of likely N-dealkylation sites (N-methyl/N-ethyl adjacent to an activating group) is 1. The van der Waals surface area contributed by atoms with Crippen LogP contribution in [0, 0.1) is 18.3 Å². The van der Waals surface area contributed by atoms with E-state index in [1.807, 2.05) is 0 Å². The number of halogens is 3. The molecule has 0 saturated heterocycles. The third-order valence-electron chi connectivity index (χ3n) is 5.98. The van der Waals surface area contributed by atoms with Gasteiger partial charge in [0.15, 0.2) is 5.78 Å². The molecular formula is C24H20F3N3O2. The van der Waals surface area contributed by atoms with Crippen LogP contribution in [0.25, 0.3) is 0 Å². The van der Waals surface area contributed by atoms with Crippen molar-refractivity contribution in [1.82, 2.24) is 4.90 Å². The fourth-order valence-electron chi connectivity index (χ4n) is 4.47. The number of nitrogens with zero attached hydrogens (tertiary/aromatic N) is 3. The van der Waals surface area contributed by atoms with E-state index in [-0.39, 0.29) is 11.5 Å². The van der Waals surface area contributed by atoms with Gasteiger partial charge in [-0.2, -0.15) is 18.4 Å². The third kappa shape index (κ3) is 3.54. The minimum atomic E-state index is -4.55. The van der Waals surface area contributed by atoms with Crippen LogP contribution in [-0.4, -0.2) is 23.8 Å². The number of urea groups is 1. The lowest BCUT2D eigenvalue weighted by molar-refractivity contribution is -0.137. The average molecular weight is 439 g/mol. The molecule has 2 aliphatic rings. The number of carbonyl (C=O) groups is 2. The van der Waals surface area contributed by atoms with Crippen molar-refractivity contribution in [1.29, 1.82) is 5.26 Å². The molecule has 1 atom stereocenters. The van der Waals surface area contributed by atoms with Crippen molar-refractivity contribution in [3.63, 3.8) is 0 Å². The van der Waals surface area contributed by atoms with Gasteiger partial charge in [-0.05, 0) is 61.2 Å². The number of anilines is 1. The van der Waals surface area contributed by atoms with Gasteiger partial charge in [-0.3, -0.25) is 9.69 Å². The molecule has 0 radical (unpaired) electrons. The Hall–Kier alpha value is -3.60. The van der Waals surface area contributed by atoms with E-state index in [9.17, 15) is 22.8 Å². The molecule has 32 heavy (non-hydrogen) atoms. The zero-order valence-corrected chi connectivity index (χ0v) is 17.5. The molecule has 0 bridgehead atoms. The Bertz CT molecular complexity index is 1190. The Balaban J connectivity index is 1.91. The van der Waals surface area contributed by atoms with E-state index in [2.05, 4.69) is 6.07 Å². The van der Waals surface area contributed by atoms with E-state index in [4.69, 9.17) is 5.26 Å². The topological polar surface area (TPSA) is 64.4 Å². The number of amides is 2. The second-order valence-electron chi connectivity index (χ2n) is 8.00. The first-order valence-electron chi connectivity index (χ1n) is 10.1. The summed E-state index contributed by atoms with van der Waals surface area (Å²) >= 11 is 0. The Morgan fingerprint density at radius 1 is 1.09 bits per heavy atom. The molecule has 0 aromatic heterocycles. The number of hydrogen-bond donors (Lipinski definition) is 0. The second-order valence-corrected chi connectivity index (χ2v) is 8.00. The summed E-state index contributed by atoms with van der Waals surface area (Å²) in [7, 11) is 1.54. The predicted molar refractivity (Wildman–Crippen MR) is 112 cm³/mol. The van der Waals surface area contributed by atoms with E-state index in [0.29, 0.717) is 41.7 Å². The summed E-state index contributed by atoms with van der Waals surface area (Å²) in [5.74, 6) is -0.128. The highest BCUT2D eigenvalue weighted by Gasteiger charge is 2.43. The van der Waals surface area contributed by atoms with Gasteiger partial charge in [-0.15, -0.1) is 0 Å². The van der Waals surface area contributed by atoms with Crippen LogP contribution in [0.3, 0.4) is 0 Å². The van der Waals surface area contributed by atoms with E-state index in [0.717, 1.165) is 17.7 Å². The third-order valence-corrected chi connectivity index (χ3v) is 5.98. The molecular weight excluding hydrogens is 419 g/mol. The van der Waals surface area contributed by atoms with Gasteiger partial charge in [-0.1, -0.05) is 12.1 Å². The summed E-state index contributed by atoms with van der Waals surface area (Å²) in [5.41, 5.74) is 2.01. The minimum Gasteiger partial charge on any atom is -0.316 e. The summed E-state index contributed by atoms with van der Waals surface area (Å²) in [6, 6.07) is 10.5. The molecule has 0 fully saturated rings. The van der Waals surface area contributed by atoms with E-state index in [1.54, 1.807) is 25.1 Å². The Morgan fingerprint density at radius 3 is 2.50 bits per heavy atom. The lowest BCUT2D eigenvalue weighted by Crippen LogP contribution is -2.50. The average Bonchev–Trinajstić information content (AvgIpc) is 2.75. The minimum absolute atomic E-state index is 0.0777. The van der Waals surface area contributed by atoms with Crippen LogP contribution in [0.15, 0.2) is 53.7 Å². The van der Waals surface area contributed by atoms with Crippen LogP contribution in [0.2, 0.25) is 0 Å². The molecule has 1 aliphatic carbocycles. The number of benzene rings is 2. The predicted octanol–water partition coefficient (Wildman–Crippen LogP) is 5.51. The van der Waals surface area contributed by atoms with Gasteiger partial charge in [0.25, 0.3) is 0 Å². The largest absolute Gasteiger partial charge is 0.416 e. The molecule has 164 valence electrons. The van der Waals surface area contributed by atoms with Crippen molar-refractivity contribution in [3.05, 3.63) is 76.0 Å². The number of Topliss-reactive ketones (excluding diaryl/α,β-unsaturated/α-hetero) is 1. The molecule has 0 N–H and O–H groups in total. The van der Waals surface area contributed by atoms with Crippen molar-refractivity contribution in [2.75, 3.05) is 11.9 Å². The molecule has 1 unspecified atom stereocenters. The second kappa shape index (κ2) is 7.83. The van der Waals surface area contributed by atoms with Crippen LogP contribution < -0.4 is 4.90 Å². The normalized spacial score (nSPS) is 19.2. The smallest absolute Gasteiger partial charge is 0.316 e. The Morgan fingerprint density at radius 2 is 1.84 bits per heavy atom. The van der Waals surface area contributed by atoms with Gasteiger partial charge in [0, 0.05) is 24.7 Å². The molecule has 1 aliphatic heterocycles. The maximum atomic E-state index is 13.4. The van der Waals surface area contributed by atoms with Crippen molar-refractivity contribution in [2.45, 2.75) is 38.4 Å². The monoisotopic (exact) mass is 439 g/mol. The quantitative estimate of drug-likeness (QED) is 0.620. The summed E-state index contributed by atoms with van der Waals surface area (Å²) in [4.78, 5) is 29.1.